The minimum Gasteiger partial charge on any atom is -0.508 e. The number of benzene rings is 2. The summed E-state index contributed by atoms with van der Waals surface area (Å²) in [6, 6.07) is 9.83. The fourth-order valence-electron chi connectivity index (χ4n) is 4.24. The van der Waals surface area contributed by atoms with Crippen molar-refractivity contribution in [2.24, 2.45) is 5.73 Å². The molecule has 0 saturated heterocycles. The van der Waals surface area contributed by atoms with E-state index in [0.717, 1.165) is 6.42 Å². The minimum absolute atomic E-state index is 0.184. The van der Waals surface area contributed by atoms with Crippen LogP contribution in [0.1, 0.15) is 58.1 Å². The second kappa shape index (κ2) is 12.5. The predicted molar refractivity (Wildman–Crippen MR) is 144 cm³/mol. The van der Waals surface area contributed by atoms with Crippen LogP contribution in [-0.4, -0.2) is 58.6 Å². The number of phenols is 1. The molecular formula is C28H36N4O7. The molecular weight excluding hydrogens is 504 g/mol. The molecule has 210 valence electrons. The van der Waals surface area contributed by atoms with Crippen molar-refractivity contribution in [3.63, 3.8) is 0 Å². The Morgan fingerprint density at radius 2 is 1.72 bits per heavy atom. The van der Waals surface area contributed by atoms with Crippen LogP contribution in [0, 0.1) is 0 Å². The molecule has 0 radical (unpaired) electrons. The van der Waals surface area contributed by atoms with Gasteiger partial charge in [0.15, 0.2) is 0 Å². The Kier molecular flexibility index (Phi) is 9.39. The molecule has 39 heavy (non-hydrogen) atoms. The van der Waals surface area contributed by atoms with E-state index in [2.05, 4.69) is 10.6 Å². The zero-order valence-corrected chi connectivity index (χ0v) is 22.6. The van der Waals surface area contributed by atoms with Gasteiger partial charge in [0.1, 0.15) is 29.2 Å². The van der Waals surface area contributed by atoms with E-state index in [-0.39, 0.29) is 17.4 Å². The highest BCUT2D eigenvalue weighted by atomic mass is 16.6. The van der Waals surface area contributed by atoms with Crippen LogP contribution in [0.15, 0.2) is 48.5 Å². The van der Waals surface area contributed by atoms with Crippen molar-refractivity contribution in [2.45, 2.75) is 70.2 Å². The SMILES string of the molecule is COc1ccc(NC(=O)C(c2ccccc2O)N(C(=O)C(CC(N)=O)NC(=O)OC(C)(C)C)C2CCC2)cc1. The summed E-state index contributed by atoms with van der Waals surface area (Å²) in [6.07, 6.45) is 0.608. The van der Waals surface area contributed by atoms with E-state index in [1.807, 2.05) is 0 Å². The van der Waals surface area contributed by atoms with E-state index in [4.69, 9.17) is 15.2 Å². The van der Waals surface area contributed by atoms with Gasteiger partial charge in [0.25, 0.3) is 5.91 Å². The largest absolute Gasteiger partial charge is 0.508 e. The first kappa shape index (κ1) is 29.3. The molecule has 1 aliphatic carbocycles. The minimum atomic E-state index is -1.39. The van der Waals surface area contributed by atoms with Gasteiger partial charge < -0.3 is 35.8 Å². The maximum atomic E-state index is 14.1. The number of nitrogens with two attached hydrogens (primary N) is 1. The smallest absolute Gasteiger partial charge is 0.408 e. The first-order valence-electron chi connectivity index (χ1n) is 12.7. The monoisotopic (exact) mass is 540 g/mol. The lowest BCUT2D eigenvalue weighted by Gasteiger charge is -2.43. The van der Waals surface area contributed by atoms with Gasteiger partial charge in [-0.05, 0) is 70.4 Å². The normalized spacial score (nSPS) is 14.8. The molecule has 11 heteroatoms. The first-order chi connectivity index (χ1) is 18.4. The number of rotatable bonds is 10. The van der Waals surface area contributed by atoms with Crippen molar-refractivity contribution in [1.29, 1.82) is 0 Å². The molecule has 3 rings (SSSR count). The number of hydrogen-bond acceptors (Lipinski definition) is 7. The number of carbonyl (C=O) groups excluding carboxylic acids is 4. The van der Waals surface area contributed by atoms with Crippen LogP contribution in [0.5, 0.6) is 11.5 Å². The summed E-state index contributed by atoms with van der Waals surface area (Å²) in [4.78, 5) is 53.7. The number of nitrogens with one attached hydrogen (secondary N) is 2. The molecule has 2 atom stereocenters. The molecule has 0 aromatic heterocycles. The lowest BCUT2D eigenvalue weighted by molar-refractivity contribution is -0.146. The van der Waals surface area contributed by atoms with Crippen LogP contribution in [0.4, 0.5) is 10.5 Å². The topological polar surface area (TPSA) is 160 Å². The predicted octanol–water partition coefficient (Wildman–Crippen LogP) is 3.23. The number of anilines is 1. The number of alkyl carbamates (subject to hydrolysis) is 1. The summed E-state index contributed by atoms with van der Waals surface area (Å²) in [5, 5.41) is 16.0. The van der Waals surface area contributed by atoms with E-state index in [1.54, 1.807) is 63.2 Å². The van der Waals surface area contributed by atoms with Crippen molar-refractivity contribution in [3.8, 4) is 11.5 Å². The average Bonchev–Trinajstić information content (AvgIpc) is 2.81. The van der Waals surface area contributed by atoms with Gasteiger partial charge in [-0.15, -0.1) is 0 Å². The molecule has 2 unspecified atom stereocenters. The van der Waals surface area contributed by atoms with E-state index < -0.39 is 47.9 Å². The Balaban J connectivity index is 2.02. The molecule has 2 aromatic carbocycles. The van der Waals surface area contributed by atoms with Gasteiger partial charge in [0.2, 0.25) is 11.8 Å². The maximum absolute atomic E-state index is 14.1. The van der Waals surface area contributed by atoms with E-state index in [1.165, 1.54) is 18.1 Å². The fourth-order valence-corrected chi connectivity index (χ4v) is 4.24. The number of carbonyl (C=O) groups is 4. The number of para-hydroxylation sites is 1. The van der Waals surface area contributed by atoms with Crippen LogP contribution < -0.4 is 21.1 Å². The highest BCUT2D eigenvalue weighted by Gasteiger charge is 2.43. The van der Waals surface area contributed by atoms with Crippen molar-refractivity contribution in [2.75, 3.05) is 12.4 Å². The second-order valence-corrected chi connectivity index (χ2v) is 10.4. The quantitative estimate of drug-likeness (QED) is 0.360. The van der Waals surface area contributed by atoms with Crippen LogP contribution in [0.3, 0.4) is 0 Å². The molecule has 0 aliphatic heterocycles. The van der Waals surface area contributed by atoms with Gasteiger partial charge in [-0.25, -0.2) is 4.79 Å². The van der Waals surface area contributed by atoms with Crippen molar-refractivity contribution in [3.05, 3.63) is 54.1 Å². The van der Waals surface area contributed by atoms with Gasteiger partial charge in [-0.2, -0.15) is 0 Å². The first-order valence-corrected chi connectivity index (χ1v) is 12.7. The Morgan fingerprint density at radius 1 is 1.08 bits per heavy atom. The Hall–Kier alpha value is -4.28. The molecule has 2 aromatic rings. The molecule has 1 aliphatic rings. The van der Waals surface area contributed by atoms with Gasteiger partial charge >= 0.3 is 6.09 Å². The summed E-state index contributed by atoms with van der Waals surface area (Å²) in [5.41, 5.74) is 5.21. The molecule has 5 N–H and O–H groups in total. The number of nitrogens with zero attached hydrogens (tertiary/aromatic N) is 1. The van der Waals surface area contributed by atoms with Crippen LogP contribution in [0.25, 0.3) is 0 Å². The van der Waals surface area contributed by atoms with Gasteiger partial charge in [-0.3, -0.25) is 14.4 Å². The van der Waals surface area contributed by atoms with Crippen LogP contribution in [-0.2, 0) is 19.1 Å². The number of methoxy groups -OCH3 is 1. The summed E-state index contributed by atoms with van der Waals surface area (Å²) in [7, 11) is 1.53. The third-order valence-electron chi connectivity index (χ3n) is 6.23. The molecule has 0 heterocycles. The number of aromatic hydroxyl groups is 1. The summed E-state index contributed by atoms with van der Waals surface area (Å²) >= 11 is 0. The van der Waals surface area contributed by atoms with Crippen LogP contribution in [0.2, 0.25) is 0 Å². The standard InChI is InChI=1S/C28H36N4O7/c1-28(2,3)39-27(37)31-21(16-23(29)34)26(36)32(18-8-7-9-18)24(20-10-5-6-11-22(20)33)25(35)30-17-12-14-19(38-4)15-13-17/h5-6,10-15,18,21,24,33H,7-9,16H2,1-4H3,(H2,29,34)(H,30,35)(H,31,37). The number of ether oxygens (including phenoxy) is 2. The Labute approximate surface area is 227 Å². The molecule has 1 fully saturated rings. The number of phenolic OH excluding ortho intramolecular Hbond substituents is 1. The Morgan fingerprint density at radius 3 is 2.23 bits per heavy atom. The molecule has 0 bridgehead atoms. The third kappa shape index (κ3) is 7.86. The average molecular weight is 541 g/mol. The molecule has 4 amide bonds. The number of hydrogen-bond donors (Lipinski definition) is 4. The highest BCUT2D eigenvalue weighted by Crippen LogP contribution is 2.37. The maximum Gasteiger partial charge on any atom is 0.408 e. The van der Waals surface area contributed by atoms with Crippen LogP contribution >= 0.6 is 0 Å². The van der Waals surface area contributed by atoms with E-state index in [9.17, 15) is 24.3 Å². The van der Waals surface area contributed by atoms with E-state index in [0.29, 0.717) is 24.3 Å². The van der Waals surface area contributed by atoms with Gasteiger partial charge in [0.05, 0.1) is 13.5 Å². The fraction of sp³-hybridized carbons (Fsp3) is 0.429. The zero-order chi connectivity index (χ0) is 28.7. The summed E-state index contributed by atoms with van der Waals surface area (Å²) in [6.45, 7) is 4.99. The van der Waals surface area contributed by atoms with Gasteiger partial charge in [0, 0.05) is 17.3 Å². The Bertz CT molecular complexity index is 1190. The zero-order valence-electron chi connectivity index (χ0n) is 22.6. The van der Waals surface area contributed by atoms with Crippen molar-refractivity contribution >= 4 is 29.5 Å². The lowest BCUT2D eigenvalue weighted by Crippen LogP contribution is -2.57. The van der Waals surface area contributed by atoms with Crippen molar-refractivity contribution < 1.29 is 33.8 Å². The van der Waals surface area contributed by atoms with Gasteiger partial charge in [-0.1, -0.05) is 18.2 Å². The van der Waals surface area contributed by atoms with Crippen molar-refractivity contribution in [1.82, 2.24) is 10.2 Å². The molecule has 1 saturated carbocycles. The lowest BCUT2D eigenvalue weighted by atomic mass is 9.87. The summed E-state index contributed by atoms with van der Waals surface area (Å²) in [5.74, 6) is -1.69. The van der Waals surface area contributed by atoms with E-state index >= 15 is 0 Å². The number of amides is 4. The molecule has 0 spiro atoms. The second-order valence-electron chi connectivity index (χ2n) is 10.4. The summed E-state index contributed by atoms with van der Waals surface area (Å²) < 4.78 is 10.5. The molecule has 11 nitrogen and oxygen atoms in total. The third-order valence-corrected chi connectivity index (χ3v) is 6.23. The highest BCUT2D eigenvalue weighted by molar-refractivity contribution is 6.00. The number of primary amides is 1.